The minimum atomic E-state index is -0.644. The average molecular weight is 634 g/mol. The van der Waals surface area contributed by atoms with Gasteiger partial charge in [-0.2, -0.15) is 5.10 Å². The van der Waals surface area contributed by atoms with Crippen molar-refractivity contribution in [2.75, 3.05) is 42.9 Å². The van der Waals surface area contributed by atoms with Crippen LogP contribution in [0.1, 0.15) is 34.6 Å². The summed E-state index contributed by atoms with van der Waals surface area (Å²) in [6, 6.07) is 22.6. The van der Waals surface area contributed by atoms with Crippen LogP contribution in [0.15, 0.2) is 90.1 Å². The highest BCUT2D eigenvalue weighted by atomic mass is 35.5. The van der Waals surface area contributed by atoms with Crippen LogP contribution >= 0.6 is 23.2 Å². The van der Waals surface area contributed by atoms with Gasteiger partial charge in [-0.15, -0.1) is 0 Å². The first-order chi connectivity index (χ1) is 21.3. The molecule has 0 aliphatic carbocycles. The number of piperazine rings is 1. The minimum absolute atomic E-state index is 0.139. The van der Waals surface area contributed by atoms with E-state index in [1.165, 1.54) is 12.1 Å². The van der Waals surface area contributed by atoms with Crippen LogP contribution in [0.2, 0.25) is 10.0 Å². The first-order valence-electron chi connectivity index (χ1n) is 14.4. The second kappa shape index (κ2) is 12.7. The summed E-state index contributed by atoms with van der Waals surface area (Å²) in [5.41, 5.74) is 4.16. The molecule has 2 aliphatic heterocycles. The second-order valence-electron chi connectivity index (χ2n) is 10.8. The molecule has 0 bridgehead atoms. The highest BCUT2D eigenvalue weighted by Crippen LogP contribution is 2.39. The van der Waals surface area contributed by atoms with Crippen molar-refractivity contribution in [3.8, 4) is 0 Å². The van der Waals surface area contributed by atoms with Gasteiger partial charge < -0.3 is 20.4 Å². The van der Waals surface area contributed by atoms with Crippen LogP contribution in [0.4, 0.5) is 15.9 Å². The molecular weight excluding hydrogens is 602 g/mol. The van der Waals surface area contributed by atoms with Gasteiger partial charge in [0.25, 0.3) is 11.8 Å². The third-order valence-electron chi connectivity index (χ3n) is 8.00. The summed E-state index contributed by atoms with van der Waals surface area (Å²) in [5.74, 6) is -0.141. The van der Waals surface area contributed by atoms with Gasteiger partial charge in [-0.1, -0.05) is 59.6 Å². The number of amides is 2. The Morgan fingerprint density at radius 3 is 2.39 bits per heavy atom. The molecule has 6 rings (SSSR count). The molecule has 0 spiro atoms. The Morgan fingerprint density at radius 2 is 1.68 bits per heavy atom. The molecule has 1 saturated heterocycles. The molecule has 2 amide bonds. The first kappa shape index (κ1) is 29.7. The molecule has 3 heterocycles. The fourth-order valence-corrected chi connectivity index (χ4v) is 6.00. The van der Waals surface area contributed by atoms with Crippen molar-refractivity contribution < 1.29 is 14.0 Å². The molecule has 1 atom stereocenters. The monoisotopic (exact) mass is 632 g/mol. The lowest BCUT2D eigenvalue weighted by Gasteiger charge is -2.38. The maximum Gasteiger partial charge on any atom is 0.271 e. The van der Waals surface area contributed by atoms with Crippen molar-refractivity contribution in [1.29, 1.82) is 0 Å². The van der Waals surface area contributed by atoms with Crippen LogP contribution in [0.25, 0.3) is 0 Å². The number of nitrogens with one attached hydrogen (secondary N) is 2. The van der Waals surface area contributed by atoms with Gasteiger partial charge in [-0.25, -0.2) is 9.07 Å². The summed E-state index contributed by atoms with van der Waals surface area (Å²) in [5, 5.41) is 11.7. The highest BCUT2D eigenvalue weighted by molar-refractivity contribution is 6.42. The number of benzene rings is 3. The lowest BCUT2D eigenvalue weighted by atomic mass is 9.94. The first-order valence-corrected chi connectivity index (χ1v) is 15.2. The Balaban J connectivity index is 1.25. The predicted molar refractivity (Wildman–Crippen MR) is 171 cm³/mol. The van der Waals surface area contributed by atoms with Crippen LogP contribution < -0.4 is 15.5 Å². The minimum Gasteiger partial charge on any atom is -0.368 e. The van der Waals surface area contributed by atoms with Crippen molar-refractivity contribution in [3.63, 3.8) is 0 Å². The van der Waals surface area contributed by atoms with E-state index in [1.807, 2.05) is 48.2 Å². The Hall–Kier alpha value is -4.34. The number of anilines is 2. The van der Waals surface area contributed by atoms with Crippen LogP contribution in [0.5, 0.6) is 0 Å². The number of hydrogen-bond donors (Lipinski definition) is 2. The maximum absolute atomic E-state index is 14.2. The summed E-state index contributed by atoms with van der Waals surface area (Å²) in [7, 11) is 0. The molecule has 226 valence electrons. The number of halogens is 3. The topological polar surface area (TPSA) is 82.5 Å². The van der Waals surface area contributed by atoms with Crippen molar-refractivity contribution in [1.82, 2.24) is 20.0 Å². The van der Waals surface area contributed by atoms with Crippen LogP contribution in [-0.2, 0) is 11.2 Å². The predicted octanol–water partition coefficient (Wildman–Crippen LogP) is 5.94. The molecule has 1 unspecified atom stereocenters. The highest BCUT2D eigenvalue weighted by Gasteiger charge is 2.37. The number of rotatable bonds is 7. The standard InChI is InChI=1S/C33H31Cl2FN6O2/c1-21-30(33(44)41-17-15-40(16-18-41)25-10-8-24(36)9-11-25)31(23-7-12-26(34)27(35)19-23)42-29(38-21)20-28(39-42)32(43)37-14-13-22-5-3-2-4-6-22/h2-12,19-20,31,38H,13-18H2,1H3,(H,37,43). The molecule has 3 aromatic carbocycles. The summed E-state index contributed by atoms with van der Waals surface area (Å²) in [6.45, 7) is 4.50. The van der Waals surface area contributed by atoms with Gasteiger partial charge in [-0.05, 0) is 60.9 Å². The molecule has 44 heavy (non-hydrogen) atoms. The third-order valence-corrected chi connectivity index (χ3v) is 8.74. The lowest BCUT2D eigenvalue weighted by molar-refractivity contribution is -0.128. The Labute approximate surface area is 265 Å². The number of carbonyl (C=O) groups is 2. The molecular formula is C33H31Cl2FN6O2. The normalized spacial score (nSPS) is 16.4. The van der Waals surface area contributed by atoms with Gasteiger partial charge in [-0.3, -0.25) is 9.59 Å². The zero-order valence-corrected chi connectivity index (χ0v) is 25.6. The summed E-state index contributed by atoms with van der Waals surface area (Å²) in [4.78, 5) is 31.3. The van der Waals surface area contributed by atoms with Gasteiger partial charge >= 0.3 is 0 Å². The van der Waals surface area contributed by atoms with Crippen molar-refractivity contribution >= 4 is 46.5 Å². The smallest absolute Gasteiger partial charge is 0.271 e. The van der Waals surface area contributed by atoms with Crippen LogP contribution in [0.3, 0.4) is 0 Å². The van der Waals surface area contributed by atoms with E-state index in [4.69, 9.17) is 23.2 Å². The molecule has 11 heteroatoms. The maximum atomic E-state index is 14.2. The molecule has 0 radical (unpaired) electrons. The zero-order valence-electron chi connectivity index (χ0n) is 24.1. The van der Waals surface area contributed by atoms with Gasteiger partial charge in [0, 0.05) is 50.2 Å². The van der Waals surface area contributed by atoms with Gasteiger partial charge in [0.05, 0.1) is 15.6 Å². The Kier molecular flexibility index (Phi) is 8.59. The van der Waals surface area contributed by atoms with E-state index in [2.05, 4.69) is 20.6 Å². The van der Waals surface area contributed by atoms with E-state index in [0.717, 1.165) is 11.3 Å². The molecule has 0 saturated carbocycles. The SMILES string of the molecule is CC1=C(C(=O)N2CCN(c3ccc(F)cc3)CC2)C(c2ccc(Cl)c(Cl)c2)n2nc(C(=O)NCCc3ccccc3)cc2N1. The van der Waals surface area contributed by atoms with E-state index in [0.29, 0.717) is 71.8 Å². The second-order valence-corrected chi connectivity index (χ2v) is 11.7. The van der Waals surface area contributed by atoms with E-state index >= 15 is 0 Å². The Morgan fingerprint density at radius 1 is 0.955 bits per heavy atom. The number of hydrogen-bond acceptors (Lipinski definition) is 5. The fourth-order valence-electron chi connectivity index (χ4n) is 5.70. The summed E-state index contributed by atoms with van der Waals surface area (Å²) >= 11 is 12.7. The third kappa shape index (κ3) is 6.16. The fraction of sp³-hybridized carbons (Fsp3) is 0.242. The molecule has 8 nitrogen and oxygen atoms in total. The van der Waals surface area contributed by atoms with E-state index in [9.17, 15) is 14.0 Å². The number of fused-ring (bicyclic) bond motifs is 1. The Bertz CT molecular complexity index is 1720. The molecule has 2 aliphatic rings. The van der Waals surface area contributed by atoms with Crippen LogP contribution in [0, 0.1) is 5.82 Å². The van der Waals surface area contributed by atoms with E-state index < -0.39 is 6.04 Å². The van der Waals surface area contributed by atoms with Crippen molar-refractivity contribution in [2.24, 2.45) is 0 Å². The van der Waals surface area contributed by atoms with Crippen molar-refractivity contribution in [3.05, 3.63) is 123 Å². The van der Waals surface area contributed by atoms with Gasteiger partial charge in [0.1, 0.15) is 17.7 Å². The lowest BCUT2D eigenvalue weighted by Crippen LogP contribution is -2.50. The summed E-state index contributed by atoms with van der Waals surface area (Å²) < 4.78 is 15.1. The zero-order chi connectivity index (χ0) is 30.8. The summed E-state index contributed by atoms with van der Waals surface area (Å²) in [6.07, 6.45) is 0.692. The average Bonchev–Trinajstić information content (AvgIpc) is 3.46. The van der Waals surface area contributed by atoms with E-state index in [-0.39, 0.29) is 23.3 Å². The van der Waals surface area contributed by atoms with Gasteiger partial charge in [0.15, 0.2) is 5.69 Å². The molecule has 1 aromatic heterocycles. The molecule has 1 fully saturated rings. The number of nitrogens with zero attached hydrogens (tertiary/aromatic N) is 4. The number of carbonyl (C=O) groups excluding carboxylic acids is 2. The molecule has 2 N–H and O–H groups in total. The van der Waals surface area contributed by atoms with Gasteiger partial charge in [0.2, 0.25) is 0 Å². The number of aromatic nitrogens is 2. The largest absolute Gasteiger partial charge is 0.368 e. The van der Waals surface area contributed by atoms with Crippen molar-refractivity contribution in [2.45, 2.75) is 19.4 Å². The van der Waals surface area contributed by atoms with Crippen LogP contribution in [-0.4, -0.2) is 59.2 Å². The number of allylic oxidation sites excluding steroid dienone is 1. The quantitative estimate of drug-likeness (QED) is 0.264. The van der Waals surface area contributed by atoms with E-state index in [1.54, 1.807) is 35.0 Å². The molecule has 4 aromatic rings.